The van der Waals surface area contributed by atoms with E-state index in [9.17, 15) is 9.59 Å². The number of carbonyl (C=O) groups excluding carboxylic acids is 2. The SMILES string of the molecule is Cc1cccc(C)c1NC(=O)CNC(=O)CN(C)Cc1ccco1. The van der Waals surface area contributed by atoms with Crippen LogP contribution < -0.4 is 10.6 Å². The van der Waals surface area contributed by atoms with E-state index in [1.165, 1.54) is 0 Å². The topological polar surface area (TPSA) is 74.6 Å². The Morgan fingerprint density at radius 1 is 1.08 bits per heavy atom. The number of para-hydroxylation sites is 1. The number of rotatable bonds is 7. The molecular weight excluding hydrogens is 306 g/mol. The third kappa shape index (κ3) is 5.24. The van der Waals surface area contributed by atoms with Crippen LogP contribution in [0.1, 0.15) is 16.9 Å². The summed E-state index contributed by atoms with van der Waals surface area (Å²) in [4.78, 5) is 25.7. The molecule has 2 N–H and O–H groups in total. The van der Waals surface area contributed by atoms with Gasteiger partial charge in [0.2, 0.25) is 11.8 Å². The number of furan rings is 1. The molecule has 6 heteroatoms. The Bertz CT molecular complexity index is 675. The Labute approximate surface area is 141 Å². The van der Waals surface area contributed by atoms with Crippen molar-refractivity contribution in [3.8, 4) is 0 Å². The van der Waals surface area contributed by atoms with Gasteiger partial charge in [-0.05, 0) is 44.2 Å². The Balaban J connectivity index is 1.76. The number of carbonyl (C=O) groups is 2. The quantitative estimate of drug-likeness (QED) is 0.815. The monoisotopic (exact) mass is 329 g/mol. The van der Waals surface area contributed by atoms with Gasteiger partial charge in [0.1, 0.15) is 5.76 Å². The molecule has 1 aromatic carbocycles. The zero-order valence-corrected chi connectivity index (χ0v) is 14.3. The average Bonchev–Trinajstić information content (AvgIpc) is 3.02. The highest BCUT2D eigenvalue weighted by Gasteiger charge is 2.11. The summed E-state index contributed by atoms with van der Waals surface area (Å²) in [6.45, 7) is 4.54. The molecular formula is C18H23N3O3. The normalized spacial score (nSPS) is 10.7. The van der Waals surface area contributed by atoms with E-state index >= 15 is 0 Å². The van der Waals surface area contributed by atoms with Crippen LogP contribution in [0.3, 0.4) is 0 Å². The third-order valence-electron chi connectivity index (χ3n) is 3.61. The van der Waals surface area contributed by atoms with Crippen molar-refractivity contribution in [2.75, 3.05) is 25.5 Å². The van der Waals surface area contributed by atoms with Gasteiger partial charge in [-0.15, -0.1) is 0 Å². The minimum Gasteiger partial charge on any atom is -0.468 e. The lowest BCUT2D eigenvalue weighted by Crippen LogP contribution is -2.39. The molecule has 0 saturated heterocycles. The molecule has 0 fully saturated rings. The van der Waals surface area contributed by atoms with Gasteiger partial charge in [0.05, 0.1) is 25.9 Å². The summed E-state index contributed by atoms with van der Waals surface area (Å²) in [6, 6.07) is 9.47. The number of hydrogen-bond acceptors (Lipinski definition) is 4. The number of likely N-dealkylation sites (N-methyl/N-ethyl adjacent to an activating group) is 1. The average molecular weight is 329 g/mol. The van der Waals surface area contributed by atoms with Crippen LogP contribution >= 0.6 is 0 Å². The van der Waals surface area contributed by atoms with Gasteiger partial charge in [0.25, 0.3) is 0 Å². The first kappa shape index (κ1) is 17.7. The van der Waals surface area contributed by atoms with Crippen LogP contribution in [-0.4, -0.2) is 36.9 Å². The highest BCUT2D eigenvalue weighted by atomic mass is 16.3. The first-order chi connectivity index (χ1) is 11.5. The lowest BCUT2D eigenvalue weighted by Gasteiger charge is -2.15. The fraction of sp³-hybridized carbons (Fsp3) is 0.333. The lowest BCUT2D eigenvalue weighted by atomic mass is 10.1. The predicted octanol–water partition coefficient (Wildman–Crippen LogP) is 2.08. The summed E-state index contributed by atoms with van der Waals surface area (Å²) < 4.78 is 5.24. The van der Waals surface area contributed by atoms with Crippen molar-refractivity contribution in [3.63, 3.8) is 0 Å². The first-order valence-electron chi connectivity index (χ1n) is 7.79. The van der Waals surface area contributed by atoms with Crippen LogP contribution in [0, 0.1) is 13.8 Å². The second kappa shape index (κ2) is 8.31. The fourth-order valence-electron chi connectivity index (χ4n) is 2.40. The molecule has 128 valence electrons. The van der Waals surface area contributed by atoms with E-state index in [1.54, 1.807) is 12.3 Å². The molecule has 0 bridgehead atoms. The predicted molar refractivity (Wildman–Crippen MR) is 92.6 cm³/mol. The van der Waals surface area contributed by atoms with E-state index < -0.39 is 0 Å². The molecule has 2 amide bonds. The summed E-state index contributed by atoms with van der Waals surface area (Å²) in [5, 5.41) is 5.47. The number of benzene rings is 1. The maximum Gasteiger partial charge on any atom is 0.243 e. The molecule has 6 nitrogen and oxygen atoms in total. The molecule has 0 atom stereocenters. The number of anilines is 1. The molecule has 0 aliphatic heterocycles. The summed E-state index contributed by atoms with van der Waals surface area (Å²) in [5.41, 5.74) is 2.78. The van der Waals surface area contributed by atoms with E-state index in [0.29, 0.717) is 6.54 Å². The van der Waals surface area contributed by atoms with Crippen molar-refractivity contribution in [3.05, 3.63) is 53.5 Å². The molecule has 24 heavy (non-hydrogen) atoms. The van der Waals surface area contributed by atoms with Crippen LogP contribution in [0.25, 0.3) is 0 Å². The second-order valence-electron chi connectivity index (χ2n) is 5.84. The zero-order chi connectivity index (χ0) is 17.5. The van der Waals surface area contributed by atoms with Gasteiger partial charge in [-0.25, -0.2) is 0 Å². The standard InChI is InChI=1S/C18H23N3O3/c1-13-6-4-7-14(2)18(13)20-16(22)10-19-17(23)12-21(3)11-15-8-5-9-24-15/h4-9H,10-12H2,1-3H3,(H,19,23)(H,20,22). The second-order valence-corrected chi connectivity index (χ2v) is 5.84. The van der Waals surface area contributed by atoms with E-state index in [4.69, 9.17) is 4.42 Å². The molecule has 0 aliphatic carbocycles. The minimum absolute atomic E-state index is 0.0544. The number of nitrogens with zero attached hydrogens (tertiary/aromatic N) is 1. The van der Waals surface area contributed by atoms with Crippen LogP contribution in [0.4, 0.5) is 5.69 Å². The van der Waals surface area contributed by atoms with Gasteiger partial charge >= 0.3 is 0 Å². The fourth-order valence-corrected chi connectivity index (χ4v) is 2.40. The van der Waals surface area contributed by atoms with Gasteiger partial charge in [0.15, 0.2) is 0 Å². The van der Waals surface area contributed by atoms with Gasteiger partial charge < -0.3 is 15.1 Å². The van der Waals surface area contributed by atoms with E-state index in [0.717, 1.165) is 22.6 Å². The van der Waals surface area contributed by atoms with Crippen LogP contribution in [0.5, 0.6) is 0 Å². The number of hydrogen-bond donors (Lipinski definition) is 2. The lowest BCUT2D eigenvalue weighted by molar-refractivity contribution is -0.124. The van der Waals surface area contributed by atoms with Crippen LogP contribution in [0.15, 0.2) is 41.0 Å². The maximum atomic E-state index is 12.0. The van der Waals surface area contributed by atoms with Crippen molar-refractivity contribution in [2.24, 2.45) is 0 Å². The molecule has 0 spiro atoms. The molecule has 2 rings (SSSR count). The Hall–Kier alpha value is -2.60. The first-order valence-corrected chi connectivity index (χ1v) is 7.79. The number of aryl methyl sites for hydroxylation is 2. The highest BCUT2D eigenvalue weighted by molar-refractivity contribution is 5.95. The number of nitrogens with one attached hydrogen (secondary N) is 2. The van der Waals surface area contributed by atoms with Crippen LogP contribution in [-0.2, 0) is 16.1 Å². The smallest absolute Gasteiger partial charge is 0.243 e. The Kier molecular flexibility index (Phi) is 6.14. The van der Waals surface area contributed by atoms with Crippen molar-refractivity contribution < 1.29 is 14.0 Å². The largest absolute Gasteiger partial charge is 0.468 e. The van der Waals surface area contributed by atoms with Gasteiger partial charge in [0, 0.05) is 5.69 Å². The van der Waals surface area contributed by atoms with Gasteiger partial charge in [-0.3, -0.25) is 14.5 Å². The molecule has 1 heterocycles. The summed E-state index contributed by atoms with van der Waals surface area (Å²) in [5.74, 6) is 0.341. The third-order valence-corrected chi connectivity index (χ3v) is 3.61. The summed E-state index contributed by atoms with van der Waals surface area (Å²) in [7, 11) is 1.82. The van der Waals surface area contributed by atoms with E-state index in [-0.39, 0.29) is 24.9 Å². The number of amides is 2. The van der Waals surface area contributed by atoms with Crippen molar-refractivity contribution in [1.82, 2.24) is 10.2 Å². The molecule has 2 aromatic rings. The summed E-state index contributed by atoms with van der Waals surface area (Å²) >= 11 is 0. The summed E-state index contributed by atoms with van der Waals surface area (Å²) in [6.07, 6.45) is 1.60. The van der Waals surface area contributed by atoms with Gasteiger partial charge in [-0.1, -0.05) is 18.2 Å². The van der Waals surface area contributed by atoms with Crippen molar-refractivity contribution in [2.45, 2.75) is 20.4 Å². The maximum absolute atomic E-state index is 12.0. The highest BCUT2D eigenvalue weighted by Crippen LogP contribution is 2.18. The molecule has 0 unspecified atom stereocenters. The van der Waals surface area contributed by atoms with Crippen molar-refractivity contribution >= 4 is 17.5 Å². The minimum atomic E-state index is -0.241. The van der Waals surface area contributed by atoms with Crippen LogP contribution in [0.2, 0.25) is 0 Å². The van der Waals surface area contributed by atoms with Gasteiger partial charge in [-0.2, -0.15) is 0 Å². The van der Waals surface area contributed by atoms with E-state index in [1.807, 2.05) is 50.1 Å². The molecule has 0 aliphatic rings. The molecule has 1 aromatic heterocycles. The van der Waals surface area contributed by atoms with Crippen molar-refractivity contribution in [1.29, 1.82) is 0 Å². The molecule has 0 saturated carbocycles. The zero-order valence-electron chi connectivity index (χ0n) is 14.3. The van der Waals surface area contributed by atoms with E-state index in [2.05, 4.69) is 10.6 Å². The Morgan fingerprint density at radius 2 is 1.79 bits per heavy atom. The molecule has 0 radical (unpaired) electrons. The Morgan fingerprint density at radius 3 is 2.42 bits per heavy atom.